The van der Waals surface area contributed by atoms with Crippen LogP contribution in [0, 0.1) is 17.8 Å². The van der Waals surface area contributed by atoms with Crippen LogP contribution in [0.5, 0.6) is 0 Å². The zero-order valence-corrected chi connectivity index (χ0v) is 28.4. The monoisotopic (exact) mass is 661 g/mol. The van der Waals surface area contributed by atoms with E-state index in [4.69, 9.17) is 23.2 Å². The van der Waals surface area contributed by atoms with Crippen LogP contribution in [0.3, 0.4) is 0 Å². The lowest BCUT2D eigenvalue weighted by Gasteiger charge is -2.57. The van der Waals surface area contributed by atoms with Gasteiger partial charge in [0.2, 0.25) is 21.8 Å². The molecule has 7 nitrogen and oxygen atoms in total. The first-order valence-electron chi connectivity index (χ1n) is 16.0. The third-order valence-electron chi connectivity index (χ3n) is 10.1. The standard InChI is InChI=1S/C34H45Cl2N3O4S/c1-4-6-14-37-33(41)31(5-2)38(21-28-29(35)8-7-9-30(28)36)32(40)22-39(44(3,42)43)27-12-10-26(11-13-27)34-18-23-15-24(19-34)17-25(16-23)20-34/h7-13,23-25,31H,4-6,14-22H2,1-3H3,(H,37,41). The van der Waals surface area contributed by atoms with Crippen LogP contribution in [0.15, 0.2) is 42.5 Å². The number of hydrogen-bond donors (Lipinski definition) is 1. The van der Waals surface area contributed by atoms with Gasteiger partial charge in [0.25, 0.3) is 0 Å². The molecule has 0 aromatic heterocycles. The minimum Gasteiger partial charge on any atom is -0.354 e. The Balaban J connectivity index is 1.41. The van der Waals surface area contributed by atoms with E-state index >= 15 is 0 Å². The molecule has 1 unspecified atom stereocenters. The summed E-state index contributed by atoms with van der Waals surface area (Å²) in [4.78, 5) is 28.8. The molecule has 4 aliphatic carbocycles. The number of carbonyl (C=O) groups excluding carboxylic acids is 2. The van der Waals surface area contributed by atoms with Gasteiger partial charge in [-0.15, -0.1) is 0 Å². The second kappa shape index (κ2) is 13.6. The SMILES string of the molecule is CCCCNC(=O)C(CC)N(Cc1c(Cl)cccc1Cl)C(=O)CN(c1ccc(C23CC4CC(CC(C4)C2)C3)cc1)S(C)(=O)=O. The van der Waals surface area contributed by atoms with Crippen LogP contribution < -0.4 is 9.62 Å². The molecule has 4 saturated carbocycles. The molecule has 2 aromatic rings. The number of halogens is 2. The molecule has 240 valence electrons. The van der Waals surface area contributed by atoms with E-state index < -0.39 is 28.5 Å². The number of sulfonamides is 1. The van der Waals surface area contributed by atoms with E-state index in [1.165, 1.54) is 49.0 Å². The van der Waals surface area contributed by atoms with Crippen molar-refractivity contribution in [2.24, 2.45) is 17.8 Å². The van der Waals surface area contributed by atoms with Crippen molar-refractivity contribution in [1.29, 1.82) is 0 Å². The number of amides is 2. The molecular weight excluding hydrogens is 617 g/mol. The van der Waals surface area contributed by atoms with Crippen molar-refractivity contribution in [3.63, 3.8) is 0 Å². The number of benzene rings is 2. The highest BCUT2D eigenvalue weighted by molar-refractivity contribution is 7.92. The van der Waals surface area contributed by atoms with Crippen LogP contribution in [0.4, 0.5) is 5.69 Å². The molecule has 2 amide bonds. The van der Waals surface area contributed by atoms with Gasteiger partial charge in [-0.05, 0) is 104 Å². The minimum atomic E-state index is -3.83. The second-order valence-electron chi connectivity index (χ2n) is 13.3. The molecule has 4 bridgehead atoms. The van der Waals surface area contributed by atoms with Crippen molar-refractivity contribution >= 4 is 50.7 Å². The third-order valence-corrected chi connectivity index (χ3v) is 11.9. The average molecular weight is 663 g/mol. The lowest BCUT2D eigenvalue weighted by Crippen LogP contribution is -2.52. The highest BCUT2D eigenvalue weighted by atomic mass is 35.5. The van der Waals surface area contributed by atoms with Crippen molar-refractivity contribution in [2.75, 3.05) is 23.7 Å². The molecule has 0 spiro atoms. The first-order chi connectivity index (χ1) is 20.9. The fourth-order valence-corrected chi connectivity index (χ4v) is 9.71. The topological polar surface area (TPSA) is 86.8 Å². The Hall–Kier alpha value is -2.29. The molecule has 4 fully saturated rings. The number of rotatable bonds is 13. The summed E-state index contributed by atoms with van der Waals surface area (Å²) in [5, 5.41) is 3.67. The van der Waals surface area contributed by atoms with Gasteiger partial charge < -0.3 is 10.2 Å². The Morgan fingerprint density at radius 1 is 0.955 bits per heavy atom. The van der Waals surface area contributed by atoms with Gasteiger partial charge in [0.1, 0.15) is 12.6 Å². The zero-order chi connectivity index (χ0) is 31.6. The summed E-state index contributed by atoms with van der Waals surface area (Å²) in [7, 11) is -3.83. The number of anilines is 1. The minimum absolute atomic E-state index is 0.0282. The van der Waals surface area contributed by atoms with Gasteiger partial charge in [-0.2, -0.15) is 0 Å². The van der Waals surface area contributed by atoms with Crippen molar-refractivity contribution in [1.82, 2.24) is 10.2 Å². The largest absolute Gasteiger partial charge is 0.354 e. The number of nitrogens with zero attached hydrogens (tertiary/aromatic N) is 2. The lowest BCUT2D eigenvalue weighted by molar-refractivity contribution is -0.140. The van der Waals surface area contributed by atoms with Crippen LogP contribution in [0.25, 0.3) is 0 Å². The third kappa shape index (κ3) is 7.07. The van der Waals surface area contributed by atoms with Crippen LogP contribution in [-0.4, -0.2) is 50.5 Å². The van der Waals surface area contributed by atoms with Crippen molar-refractivity contribution in [2.45, 2.75) is 89.6 Å². The Morgan fingerprint density at radius 3 is 2.02 bits per heavy atom. The average Bonchev–Trinajstić information content (AvgIpc) is 2.96. The summed E-state index contributed by atoms with van der Waals surface area (Å²) in [6, 6.07) is 12.1. The summed E-state index contributed by atoms with van der Waals surface area (Å²) < 4.78 is 27.4. The molecule has 0 radical (unpaired) electrons. The van der Waals surface area contributed by atoms with Gasteiger partial charge in [-0.1, -0.05) is 61.7 Å². The van der Waals surface area contributed by atoms with Gasteiger partial charge in [-0.3, -0.25) is 13.9 Å². The summed E-state index contributed by atoms with van der Waals surface area (Å²) in [5.41, 5.74) is 2.41. The fourth-order valence-electron chi connectivity index (χ4n) is 8.34. The van der Waals surface area contributed by atoms with Crippen LogP contribution >= 0.6 is 23.2 Å². The smallest absolute Gasteiger partial charge is 0.244 e. The van der Waals surface area contributed by atoms with E-state index in [2.05, 4.69) is 17.4 Å². The lowest BCUT2D eigenvalue weighted by atomic mass is 9.48. The van der Waals surface area contributed by atoms with E-state index in [-0.39, 0.29) is 17.9 Å². The predicted molar refractivity (Wildman–Crippen MR) is 177 cm³/mol. The quantitative estimate of drug-likeness (QED) is 0.235. The molecule has 1 atom stereocenters. The van der Waals surface area contributed by atoms with E-state index in [0.29, 0.717) is 34.3 Å². The molecule has 1 N–H and O–H groups in total. The maximum absolute atomic E-state index is 14.1. The van der Waals surface area contributed by atoms with Gasteiger partial charge in [0.05, 0.1) is 11.9 Å². The molecule has 10 heteroatoms. The van der Waals surface area contributed by atoms with Gasteiger partial charge >= 0.3 is 0 Å². The fraction of sp³-hybridized carbons (Fsp3) is 0.588. The molecule has 6 rings (SSSR count). The first-order valence-corrected chi connectivity index (χ1v) is 18.6. The molecular formula is C34H45Cl2N3O4S. The number of hydrogen-bond acceptors (Lipinski definition) is 4. The van der Waals surface area contributed by atoms with Crippen LogP contribution in [0.2, 0.25) is 10.0 Å². The molecule has 4 aliphatic rings. The highest BCUT2D eigenvalue weighted by Gasteiger charge is 2.51. The van der Waals surface area contributed by atoms with Crippen LogP contribution in [-0.2, 0) is 31.6 Å². The normalized spacial score (nSPS) is 24.6. The van der Waals surface area contributed by atoms with Gasteiger partial charge in [-0.25, -0.2) is 8.42 Å². The van der Waals surface area contributed by atoms with Crippen molar-refractivity contribution in [3.05, 3.63) is 63.6 Å². The molecule has 2 aromatic carbocycles. The Kier molecular flexibility index (Phi) is 10.2. The molecule has 44 heavy (non-hydrogen) atoms. The summed E-state index contributed by atoms with van der Waals surface area (Å²) in [6.45, 7) is 3.88. The number of unbranched alkanes of at least 4 members (excludes halogenated alkanes) is 1. The Bertz CT molecular complexity index is 1410. The number of nitrogens with one attached hydrogen (secondary N) is 1. The molecule has 0 aliphatic heterocycles. The van der Waals surface area contributed by atoms with Crippen LogP contribution in [0.1, 0.15) is 82.8 Å². The van der Waals surface area contributed by atoms with E-state index in [9.17, 15) is 18.0 Å². The van der Waals surface area contributed by atoms with Crippen molar-refractivity contribution < 1.29 is 18.0 Å². The van der Waals surface area contributed by atoms with Crippen molar-refractivity contribution in [3.8, 4) is 0 Å². The second-order valence-corrected chi connectivity index (χ2v) is 16.0. The summed E-state index contributed by atoms with van der Waals surface area (Å²) in [5.74, 6) is 1.61. The Labute approximate surface area is 272 Å². The zero-order valence-electron chi connectivity index (χ0n) is 26.0. The number of carbonyl (C=O) groups is 2. The summed E-state index contributed by atoms with van der Waals surface area (Å²) >= 11 is 13.0. The van der Waals surface area contributed by atoms with E-state index in [1.54, 1.807) is 18.2 Å². The van der Waals surface area contributed by atoms with Gasteiger partial charge in [0.15, 0.2) is 0 Å². The maximum atomic E-state index is 14.1. The van der Waals surface area contributed by atoms with Gasteiger partial charge in [0, 0.05) is 28.7 Å². The predicted octanol–water partition coefficient (Wildman–Crippen LogP) is 6.95. The molecule has 0 saturated heterocycles. The Morgan fingerprint density at radius 2 is 1.52 bits per heavy atom. The molecule has 0 heterocycles. The first kappa shape index (κ1) is 33.1. The van der Waals surface area contributed by atoms with E-state index in [1.807, 2.05) is 26.0 Å². The highest BCUT2D eigenvalue weighted by Crippen LogP contribution is 2.60. The maximum Gasteiger partial charge on any atom is 0.244 e. The summed E-state index contributed by atoms with van der Waals surface area (Å²) in [6.07, 6.45) is 10.9. The van der Waals surface area contributed by atoms with E-state index in [0.717, 1.165) is 41.2 Å².